The maximum Gasteiger partial charge on any atom is 0.243 e. The van der Waals surface area contributed by atoms with Crippen LogP contribution in [0.3, 0.4) is 0 Å². The van der Waals surface area contributed by atoms with Crippen molar-refractivity contribution in [3.05, 3.63) is 52.2 Å². The van der Waals surface area contributed by atoms with Crippen LogP contribution in [0.2, 0.25) is 0 Å². The molecule has 0 N–H and O–H groups in total. The van der Waals surface area contributed by atoms with E-state index in [0.29, 0.717) is 5.56 Å². The number of ketones is 1. The molecule has 6 heteroatoms. The molecule has 0 amide bonds. The van der Waals surface area contributed by atoms with E-state index >= 15 is 0 Å². The SMILES string of the molecule is CC(=O)c1cccc(S(=O)(=O)N(C)C(C)c2cccs2)c1. The number of sulfonamides is 1. The highest BCUT2D eigenvalue weighted by Gasteiger charge is 2.27. The lowest BCUT2D eigenvalue weighted by molar-refractivity contribution is 0.101. The summed E-state index contributed by atoms with van der Waals surface area (Å²) in [5.41, 5.74) is 0.397. The van der Waals surface area contributed by atoms with Crippen LogP contribution in [-0.2, 0) is 10.0 Å². The second kappa shape index (κ2) is 6.09. The Bertz CT molecular complexity index is 736. The van der Waals surface area contributed by atoms with Gasteiger partial charge in [-0.25, -0.2) is 8.42 Å². The zero-order valence-electron chi connectivity index (χ0n) is 12.1. The molecule has 1 aromatic carbocycles. The quantitative estimate of drug-likeness (QED) is 0.793. The molecule has 1 unspecified atom stereocenters. The number of hydrogen-bond donors (Lipinski definition) is 0. The summed E-state index contributed by atoms with van der Waals surface area (Å²) in [4.78, 5) is 12.5. The van der Waals surface area contributed by atoms with E-state index in [-0.39, 0.29) is 16.7 Å². The molecule has 0 spiro atoms. The van der Waals surface area contributed by atoms with Crippen molar-refractivity contribution in [2.45, 2.75) is 24.8 Å². The molecule has 0 aliphatic heterocycles. The molecular weight excluding hydrogens is 306 g/mol. The molecule has 4 nitrogen and oxygen atoms in total. The zero-order chi connectivity index (χ0) is 15.6. The average Bonchev–Trinajstić information content (AvgIpc) is 3.00. The highest BCUT2D eigenvalue weighted by atomic mass is 32.2. The Kier molecular flexibility index (Phi) is 4.61. The lowest BCUT2D eigenvalue weighted by Gasteiger charge is -2.23. The molecule has 1 atom stereocenters. The number of nitrogens with zero attached hydrogens (tertiary/aromatic N) is 1. The summed E-state index contributed by atoms with van der Waals surface area (Å²) in [7, 11) is -2.08. The van der Waals surface area contributed by atoms with Gasteiger partial charge in [-0.15, -0.1) is 11.3 Å². The van der Waals surface area contributed by atoms with Gasteiger partial charge in [0.1, 0.15) is 0 Å². The third-order valence-corrected chi connectivity index (χ3v) is 6.38. The molecule has 112 valence electrons. The lowest BCUT2D eigenvalue weighted by Crippen LogP contribution is -2.29. The molecule has 21 heavy (non-hydrogen) atoms. The molecular formula is C15H17NO3S2. The van der Waals surface area contributed by atoms with Crippen molar-refractivity contribution in [2.24, 2.45) is 0 Å². The Morgan fingerprint density at radius 2 is 1.95 bits per heavy atom. The zero-order valence-corrected chi connectivity index (χ0v) is 13.7. The first kappa shape index (κ1) is 15.9. The minimum atomic E-state index is -3.63. The van der Waals surface area contributed by atoms with Gasteiger partial charge in [-0.3, -0.25) is 4.79 Å². The number of carbonyl (C=O) groups excluding carboxylic acids is 1. The van der Waals surface area contributed by atoms with Gasteiger partial charge in [0.05, 0.1) is 10.9 Å². The van der Waals surface area contributed by atoms with Gasteiger partial charge in [0.25, 0.3) is 0 Å². The van der Waals surface area contributed by atoms with Crippen LogP contribution in [0.15, 0.2) is 46.7 Å². The molecule has 0 bridgehead atoms. The van der Waals surface area contributed by atoms with Crippen molar-refractivity contribution in [1.29, 1.82) is 0 Å². The van der Waals surface area contributed by atoms with Crippen molar-refractivity contribution < 1.29 is 13.2 Å². The van der Waals surface area contributed by atoms with Crippen LogP contribution in [0.1, 0.15) is 35.1 Å². The van der Waals surface area contributed by atoms with E-state index in [1.165, 1.54) is 34.7 Å². The topological polar surface area (TPSA) is 54.5 Å². The van der Waals surface area contributed by atoms with Gasteiger partial charge in [0.2, 0.25) is 10.0 Å². The summed E-state index contributed by atoms with van der Waals surface area (Å²) < 4.78 is 26.7. The normalized spacial score (nSPS) is 13.3. The number of benzene rings is 1. The molecule has 0 saturated heterocycles. The molecule has 0 saturated carbocycles. The van der Waals surface area contributed by atoms with Gasteiger partial charge in [-0.1, -0.05) is 18.2 Å². The molecule has 2 rings (SSSR count). The summed E-state index contributed by atoms with van der Waals surface area (Å²) in [6, 6.07) is 9.70. The largest absolute Gasteiger partial charge is 0.295 e. The average molecular weight is 323 g/mol. The first-order valence-corrected chi connectivity index (χ1v) is 8.78. The van der Waals surface area contributed by atoms with Crippen LogP contribution in [0.25, 0.3) is 0 Å². The summed E-state index contributed by atoms with van der Waals surface area (Å²) in [5, 5.41) is 1.92. The Morgan fingerprint density at radius 1 is 1.24 bits per heavy atom. The van der Waals surface area contributed by atoms with E-state index in [9.17, 15) is 13.2 Å². The van der Waals surface area contributed by atoms with Gasteiger partial charge in [-0.05, 0) is 37.4 Å². The number of thiophene rings is 1. The van der Waals surface area contributed by atoms with Crippen LogP contribution >= 0.6 is 11.3 Å². The summed E-state index contributed by atoms with van der Waals surface area (Å²) in [6.45, 7) is 3.27. The second-order valence-corrected chi connectivity index (χ2v) is 7.77. The highest BCUT2D eigenvalue weighted by Crippen LogP contribution is 2.28. The third kappa shape index (κ3) is 3.23. The molecule has 0 aliphatic carbocycles. The Labute approximate surface area is 129 Å². The van der Waals surface area contributed by atoms with Gasteiger partial charge in [0, 0.05) is 17.5 Å². The fourth-order valence-electron chi connectivity index (χ4n) is 1.96. The van der Waals surface area contributed by atoms with Crippen molar-refractivity contribution >= 4 is 27.1 Å². The van der Waals surface area contributed by atoms with Gasteiger partial charge in [0.15, 0.2) is 5.78 Å². The maximum absolute atomic E-state index is 12.7. The van der Waals surface area contributed by atoms with E-state index in [0.717, 1.165) is 4.88 Å². The van der Waals surface area contributed by atoms with E-state index in [1.807, 2.05) is 24.4 Å². The van der Waals surface area contributed by atoms with Crippen LogP contribution < -0.4 is 0 Å². The predicted octanol–water partition coefficient (Wildman–Crippen LogP) is 3.33. The van der Waals surface area contributed by atoms with E-state index < -0.39 is 10.0 Å². The Morgan fingerprint density at radius 3 is 2.52 bits per heavy atom. The van der Waals surface area contributed by atoms with Crippen LogP contribution in [0.5, 0.6) is 0 Å². The van der Waals surface area contributed by atoms with Crippen molar-refractivity contribution in [3.63, 3.8) is 0 Å². The summed E-state index contributed by atoms with van der Waals surface area (Å²) in [5.74, 6) is -0.152. The van der Waals surface area contributed by atoms with Crippen molar-refractivity contribution in [3.8, 4) is 0 Å². The number of Topliss-reactive ketones (excluding diaryl/α,β-unsaturated/α-hetero) is 1. The van der Waals surface area contributed by atoms with Crippen LogP contribution in [0, 0.1) is 0 Å². The molecule has 1 heterocycles. The maximum atomic E-state index is 12.7. The molecule has 1 aromatic heterocycles. The van der Waals surface area contributed by atoms with Gasteiger partial charge >= 0.3 is 0 Å². The minimum Gasteiger partial charge on any atom is -0.295 e. The number of hydrogen-bond acceptors (Lipinski definition) is 4. The van der Waals surface area contributed by atoms with Gasteiger partial charge in [-0.2, -0.15) is 4.31 Å². The van der Waals surface area contributed by atoms with E-state index in [1.54, 1.807) is 19.2 Å². The van der Waals surface area contributed by atoms with Crippen molar-refractivity contribution in [2.75, 3.05) is 7.05 Å². The predicted molar refractivity (Wildman–Crippen MR) is 84.1 cm³/mol. The Balaban J connectivity index is 2.37. The van der Waals surface area contributed by atoms with Gasteiger partial charge < -0.3 is 0 Å². The smallest absolute Gasteiger partial charge is 0.243 e. The molecule has 0 aliphatic rings. The van der Waals surface area contributed by atoms with Crippen LogP contribution in [0.4, 0.5) is 0 Å². The fraction of sp³-hybridized carbons (Fsp3) is 0.267. The number of rotatable bonds is 5. The van der Waals surface area contributed by atoms with E-state index in [4.69, 9.17) is 0 Å². The first-order chi connectivity index (χ1) is 9.84. The second-order valence-electron chi connectivity index (χ2n) is 4.80. The number of carbonyl (C=O) groups is 1. The standard InChI is InChI=1S/C15H17NO3S2/c1-11(15-8-5-9-20-15)16(3)21(18,19)14-7-4-6-13(10-14)12(2)17/h4-11H,1-3H3. The highest BCUT2D eigenvalue weighted by molar-refractivity contribution is 7.89. The summed E-state index contributed by atoms with van der Waals surface area (Å²) >= 11 is 1.52. The van der Waals surface area contributed by atoms with Crippen LogP contribution in [-0.4, -0.2) is 25.6 Å². The third-order valence-electron chi connectivity index (χ3n) is 3.42. The minimum absolute atomic E-state index is 0.140. The van der Waals surface area contributed by atoms with E-state index in [2.05, 4.69) is 0 Å². The fourth-order valence-corrected chi connectivity index (χ4v) is 4.24. The molecule has 0 radical (unpaired) electrons. The molecule has 2 aromatic rings. The Hall–Kier alpha value is -1.50. The van der Waals surface area contributed by atoms with Crippen molar-refractivity contribution in [1.82, 2.24) is 4.31 Å². The molecule has 0 fully saturated rings. The monoisotopic (exact) mass is 323 g/mol. The lowest BCUT2D eigenvalue weighted by atomic mass is 10.2. The summed E-state index contributed by atoms with van der Waals surface area (Å²) in [6.07, 6.45) is 0. The first-order valence-electron chi connectivity index (χ1n) is 6.46.